The molecule has 6 nitrogen and oxygen atoms in total. The van der Waals surface area contributed by atoms with Crippen LogP contribution < -0.4 is 10.9 Å². The Bertz CT molecular complexity index is 842. The number of carbonyl (C=O) groups excluding carboxylic acids is 1. The molecule has 118 valence electrons. The molecule has 1 N–H and O–H groups in total. The highest BCUT2D eigenvalue weighted by Crippen LogP contribution is 2.42. The second kappa shape index (κ2) is 5.61. The number of fused-ring (bicyclic) bond motifs is 3. The minimum absolute atomic E-state index is 0.0900. The van der Waals surface area contributed by atoms with Crippen LogP contribution >= 0.6 is 0 Å². The summed E-state index contributed by atoms with van der Waals surface area (Å²) in [6, 6.07) is 7.01. The summed E-state index contributed by atoms with van der Waals surface area (Å²) >= 11 is 0. The van der Waals surface area contributed by atoms with Crippen LogP contribution in [0.5, 0.6) is 0 Å². The zero-order valence-electron chi connectivity index (χ0n) is 12.7. The van der Waals surface area contributed by atoms with E-state index in [-0.39, 0.29) is 18.0 Å². The second-order valence-electron chi connectivity index (χ2n) is 6.41. The van der Waals surface area contributed by atoms with E-state index in [0.717, 1.165) is 11.1 Å². The normalized spacial score (nSPS) is 25.1. The first-order valence-corrected chi connectivity index (χ1v) is 7.98. The number of rotatable bonds is 4. The van der Waals surface area contributed by atoms with Crippen LogP contribution in [0.2, 0.25) is 0 Å². The maximum absolute atomic E-state index is 12.3. The highest BCUT2D eigenvalue weighted by molar-refractivity contribution is 5.78. The number of amides is 1. The summed E-state index contributed by atoms with van der Waals surface area (Å²) in [4.78, 5) is 24.4. The Hall–Kier alpha value is -2.50. The van der Waals surface area contributed by atoms with E-state index in [1.54, 1.807) is 24.3 Å². The Kier molecular flexibility index (Phi) is 3.44. The number of benzene rings is 1. The van der Waals surface area contributed by atoms with Gasteiger partial charge in [-0.2, -0.15) is 0 Å². The molecule has 0 unspecified atom stereocenters. The molecule has 0 aliphatic heterocycles. The van der Waals surface area contributed by atoms with Crippen LogP contribution in [0.25, 0.3) is 10.9 Å². The number of nitrogens with zero attached hydrogens (tertiary/aromatic N) is 3. The molecule has 2 aromatic rings. The van der Waals surface area contributed by atoms with Crippen LogP contribution in [-0.4, -0.2) is 27.4 Å². The van der Waals surface area contributed by atoms with Crippen molar-refractivity contribution in [3.8, 4) is 0 Å². The summed E-state index contributed by atoms with van der Waals surface area (Å²) in [7, 11) is 0. The van der Waals surface area contributed by atoms with E-state index >= 15 is 0 Å². The molecule has 1 amide bonds. The first-order chi connectivity index (χ1) is 11.2. The Morgan fingerprint density at radius 1 is 1.26 bits per heavy atom. The van der Waals surface area contributed by atoms with Crippen molar-refractivity contribution >= 4 is 16.8 Å². The molecule has 0 radical (unpaired) electrons. The molecule has 2 bridgehead atoms. The van der Waals surface area contributed by atoms with Crippen molar-refractivity contribution in [1.29, 1.82) is 0 Å². The van der Waals surface area contributed by atoms with E-state index in [1.165, 1.54) is 6.42 Å². The molecule has 1 aromatic heterocycles. The van der Waals surface area contributed by atoms with Gasteiger partial charge in [0.2, 0.25) is 5.91 Å². The van der Waals surface area contributed by atoms with Crippen molar-refractivity contribution in [2.45, 2.75) is 19.4 Å². The minimum atomic E-state index is -0.284. The lowest BCUT2D eigenvalue weighted by Gasteiger charge is -2.18. The van der Waals surface area contributed by atoms with Gasteiger partial charge in [-0.05, 0) is 42.7 Å². The van der Waals surface area contributed by atoms with Gasteiger partial charge in [-0.25, -0.2) is 4.68 Å². The van der Waals surface area contributed by atoms with Gasteiger partial charge in [-0.1, -0.05) is 29.5 Å². The predicted octanol–water partition coefficient (Wildman–Crippen LogP) is 1.12. The summed E-state index contributed by atoms with van der Waals surface area (Å²) in [6.45, 7) is 0.577. The molecule has 1 aromatic carbocycles. The molecule has 1 saturated carbocycles. The number of nitrogens with one attached hydrogen (secondary N) is 1. The van der Waals surface area contributed by atoms with Gasteiger partial charge in [0.25, 0.3) is 5.56 Å². The first-order valence-electron chi connectivity index (χ1n) is 7.98. The number of hydrogen-bond donors (Lipinski definition) is 1. The molecule has 6 heteroatoms. The standard InChI is InChI=1S/C17H18N4O2/c22-16(18-9-13-8-11-5-6-12(13)7-11)10-21-17(23)14-3-1-2-4-15(14)19-20-21/h1-6,11-13H,7-10H2,(H,18,22)/t11-,12+,13-/m0/s1. The predicted molar refractivity (Wildman–Crippen MR) is 85.7 cm³/mol. The van der Waals surface area contributed by atoms with Crippen LogP contribution in [0.4, 0.5) is 0 Å². The number of carbonyl (C=O) groups is 1. The molecule has 1 heterocycles. The van der Waals surface area contributed by atoms with Gasteiger partial charge >= 0.3 is 0 Å². The Morgan fingerprint density at radius 3 is 2.91 bits per heavy atom. The zero-order valence-corrected chi connectivity index (χ0v) is 12.7. The van der Waals surface area contributed by atoms with E-state index in [4.69, 9.17) is 0 Å². The lowest BCUT2D eigenvalue weighted by molar-refractivity contribution is -0.122. The Balaban J connectivity index is 1.42. The highest BCUT2D eigenvalue weighted by Gasteiger charge is 2.35. The van der Waals surface area contributed by atoms with E-state index in [2.05, 4.69) is 27.8 Å². The molecule has 2 aliphatic carbocycles. The summed E-state index contributed by atoms with van der Waals surface area (Å²) in [5.74, 6) is 1.62. The van der Waals surface area contributed by atoms with E-state index in [0.29, 0.717) is 35.2 Å². The molecule has 23 heavy (non-hydrogen) atoms. The molecule has 0 saturated heterocycles. The van der Waals surface area contributed by atoms with Gasteiger partial charge in [0, 0.05) is 6.54 Å². The number of hydrogen-bond acceptors (Lipinski definition) is 4. The van der Waals surface area contributed by atoms with Crippen LogP contribution in [-0.2, 0) is 11.3 Å². The third-order valence-electron chi connectivity index (χ3n) is 4.90. The van der Waals surface area contributed by atoms with Crippen LogP contribution in [0.15, 0.2) is 41.2 Å². The van der Waals surface area contributed by atoms with E-state index in [9.17, 15) is 9.59 Å². The molecular formula is C17H18N4O2. The lowest BCUT2D eigenvalue weighted by Crippen LogP contribution is -2.37. The Labute approximate surface area is 133 Å². The zero-order chi connectivity index (χ0) is 15.8. The molecular weight excluding hydrogens is 292 g/mol. The average Bonchev–Trinajstić information content (AvgIpc) is 3.19. The summed E-state index contributed by atoms with van der Waals surface area (Å²) < 4.78 is 1.12. The third kappa shape index (κ3) is 2.65. The van der Waals surface area contributed by atoms with Gasteiger partial charge < -0.3 is 5.32 Å². The first kappa shape index (κ1) is 14.1. The SMILES string of the molecule is O=C(Cn1nnc2ccccc2c1=O)NC[C@@H]1C[C@H]2C=C[C@@H]1C2. The van der Waals surface area contributed by atoms with Crippen LogP contribution in [0, 0.1) is 17.8 Å². The maximum Gasteiger partial charge on any atom is 0.278 e. The molecule has 1 fully saturated rings. The van der Waals surface area contributed by atoms with Crippen molar-refractivity contribution in [3.05, 3.63) is 46.8 Å². The van der Waals surface area contributed by atoms with E-state index < -0.39 is 0 Å². The minimum Gasteiger partial charge on any atom is -0.354 e. The van der Waals surface area contributed by atoms with Crippen LogP contribution in [0.1, 0.15) is 12.8 Å². The monoisotopic (exact) mass is 310 g/mol. The topological polar surface area (TPSA) is 76.9 Å². The molecule has 4 rings (SSSR count). The largest absolute Gasteiger partial charge is 0.354 e. The van der Waals surface area contributed by atoms with Gasteiger partial charge in [0.15, 0.2) is 0 Å². The van der Waals surface area contributed by atoms with Crippen molar-refractivity contribution in [3.63, 3.8) is 0 Å². The maximum atomic E-state index is 12.3. The fraction of sp³-hybridized carbons (Fsp3) is 0.412. The molecule has 2 aliphatic rings. The van der Waals surface area contributed by atoms with Gasteiger partial charge in [0.05, 0.1) is 5.39 Å². The quantitative estimate of drug-likeness (QED) is 0.859. The van der Waals surface area contributed by atoms with Crippen molar-refractivity contribution in [2.75, 3.05) is 6.54 Å². The lowest BCUT2D eigenvalue weighted by atomic mass is 9.94. The Morgan fingerprint density at radius 2 is 2.13 bits per heavy atom. The summed E-state index contributed by atoms with van der Waals surface area (Å²) in [5, 5.41) is 11.2. The van der Waals surface area contributed by atoms with Crippen LogP contribution in [0.3, 0.4) is 0 Å². The van der Waals surface area contributed by atoms with Crippen molar-refractivity contribution < 1.29 is 4.79 Å². The summed E-state index contributed by atoms with van der Waals surface area (Å²) in [5.41, 5.74) is 0.261. The number of allylic oxidation sites excluding steroid dienone is 2. The van der Waals surface area contributed by atoms with Crippen molar-refractivity contribution in [1.82, 2.24) is 20.3 Å². The van der Waals surface area contributed by atoms with Crippen molar-refractivity contribution in [2.24, 2.45) is 17.8 Å². The highest BCUT2D eigenvalue weighted by atomic mass is 16.2. The smallest absolute Gasteiger partial charge is 0.278 e. The fourth-order valence-corrected chi connectivity index (χ4v) is 3.69. The van der Waals surface area contributed by atoms with Gasteiger partial charge in [0.1, 0.15) is 12.1 Å². The third-order valence-corrected chi connectivity index (χ3v) is 4.90. The molecule has 0 spiro atoms. The second-order valence-corrected chi connectivity index (χ2v) is 6.41. The fourth-order valence-electron chi connectivity index (χ4n) is 3.69. The molecule has 3 atom stereocenters. The van der Waals surface area contributed by atoms with Gasteiger partial charge in [-0.15, -0.1) is 5.10 Å². The summed E-state index contributed by atoms with van der Waals surface area (Å²) in [6.07, 6.45) is 6.92. The number of aromatic nitrogens is 3. The van der Waals surface area contributed by atoms with E-state index in [1.807, 2.05) is 0 Å². The average molecular weight is 310 g/mol. The van der Waals surface area contributed by atoms with Gasteiger partial charge in [-0.3, -0.25) is 9.59 Å².